The third-order valence-electron chi connectivity index (χ3n) is 23.4. The van der Waals surface area contributed by atoms with Gasteiger partial charge in [0.1, 0.15) is 15.4 Å². The number of nitrogens with zero attached hydrogens (tertiary/aromatic N) is 2. The third kappa shape index (κ3) is 14.6. The van der Waals surface area contributed by atoms with Crippen LogP contribution in [0.2, 0.25) is 0 Å². The van der Waals surface area contributed by atoms with Gasteiger partial charge in [-0.2, -0.15) is 0 Å². The molecular formula is C76H115IN2O12. The van der Waals surface area contributed by atoms with Gasteiger partial charge in [-0.3, -0.25) is 19.4 Å². The topological polar surface area (TPSA) is 188 Å². The molecule has 6 aliphatic carbocycles. The Balaban J connectivity index is 0.000000166. The largest absolute Gasteiger partial charge is 0.504 e. The number of esters is 2. The summed E-state index contributed by atoms with van der Waals surface area (Å²) in [6.45, 7) is 16.3. The number of ether oxygens (including phenoxy) is 5. The lowest BCUT2D eigenvalue weighted by molar-refractivity contribution is -0.262. The molecule has 2 aromatic rings. The second kappa shape index (κ2) is 31.6. The van der Waals surface area contributed by atoms with Gasteiger partial charge in [-0.1, -0.05) is 193 Å². The molecule has 14 nitrogen and oxygen atoms in total. The van der Waals surface area contributed by atoms with Crippen LogP contribution in [0, 0.1) is 11.8 Å². The van der Waals surface area contributed by atoms with Crippen molar-refractivity contribution >= 4 is 34.5 Å². The van der Waals surface area contributed by atoms with Gasteiger partial charge >= 0.3 is 11.9 Å². The van der Waals surface area contributed by atoms with Gasteiger partial charge in [0.25, 0.3) is 0 Å². The van der Waals surface area contributed by atoms with Gasteiger partial charge in [-0.05, 0) is 172 Å². The predicted octanol–water partition coefficient (Wildman–Crippen LogP) is 15.7. The molecule has 4 saturated carbocycles. The van der Waals surface area contributed by atoms with E-state index in [-0.39, 0.29) is 36.6 Å². The first-order chi connectivity index (χ1) is 44.1. The van der Waals surface area contributed by atoms with Crippen LogP contribution in [0.5, 0.6) is 23.0 Å². The third-order valence-corrected chi connectivity index (χ3v) is 23.7. The van der Waals surface area contributed by atoms with Gasteiger partial charge in [0, 0.05) is 49.1 Å². The molecule has 8 atom stereocenters. The van der Waals surface area contributed by atoms with Crippen LogP contribution < -0.4 is 14.2 Å². The van der Waals surface area contributed by atoms with Crippen molar-refractivity contribution in [2.75, 3.05) is 37.6 Å². The lowest BCUT2D eigenvalue weighted by atomic mass is 9.47. The first kappa shape index (κ1) is 70.4. The van der Waals surface area contributed by atoms with E-state index in [0.717, 1.165) is 92.4 Å². The van der Waals surface area contributed by atoms with E-state index in [1.165, 1.54) is 167 Å². The molecule has 4 bridgehead atoms. The zero-order chi connectivity index (χ0) is 64.3. The Kier molecular flexibility index (Phi) is 24.4. The number of likely N-dealkylation sites (tertiary alicyclic amines) is 2. The molecule has 4 heterocycles. The Morgan fingerprint density at radius 1 is 0.538 bits per heavy atom. The molecule has 4 aliphatic heterocycles. The van der Waals surface area contributed by atoms with Crippen molar-refractivity contribution in [3.05, 3.63) is 70.8 Å². The number of hydrogen-bond donors (Lipinski definition) is 5. The number of hydrogen-bond acceptors (Lipinski definition) is 14. The molecule has 6 fully saturated rings. The van der Waals surface area contributed by atoms with Crippen LogP contribution in [-0.2, 0) is 42.7 Å². The van der Waals surface area contributed by atoms with Crippen molar-refractivity contribution in [2.24, 2.45) is 11.8 Å². The van der Waals surface area contributed by atoms with Gasteiger partial charge < -0.3 is 49.2 Å². The number of aliphatic hydroxyl groups is 4. The van der Waals surface area contributed by atoms with Gasteiger partial charge in [-0.15, -0.1) is 0 Å². The Hall–Kier alpha value is -3.45. The highest BCUT2D eigenvalue weighted by Gasteiger charge is 2.80. The zero-order valence-corrected chi connectivity index (χ0v) is 58.1. The number of phenols is 1. The predicted molar refractivity (Wildman–Crippen MR) is 366 cm³/mol. The maximum absolute atomic E-state index is 12.5. The average Bonchev–Trinajstić information content (AvgIpc) is 1.57. The number of phenolic OH excluding ortho intramolecular Hbond substituents is 1. The highest BCUT2D eigenvalue weighted by Crippen LogP contribution is 2.71. The first-order valence-electron chi connectivity index (χ1n) is 36.7. The molecule has 2 spiro atoms. The Morgan fingerprint density at radius 3 is 1.34 bits per heavy atom. The van der Waals surface area contributed by atoms with E-state index in [1.807, 2.05) is 18.2 Å². The summed E-state index contributed by atoms with van der Waals surface area (Å²) in [4.78, 5) is 28.5. The van der Waals surface area contributed by atoms with E-state index in [9.17, 15) is 35.1 Å². The normalized spacial score (nSPS) is 29.4. The number of unbranched alkanes of at least 4 members (excludes halogenated alkanes) is 24. The van der Waals surface area contributed by atoms with E-state index in [2.05, 4.69) is 59.4 Å². The number of aromatic hydroxyl groups is 1. The van der Waals surface area contributed by atoms with Gasteiger partial charge in [0.15, 0.2) is 23.0 Å². The van der Waals surface area contributed by atoms with Gasteiger partial charge in [0.05, 0.1) is 11.2 Å². The summed E-state index contributed by atoms with van der Waals surface area (Å²) < 4.78 is 29.3. The van der Waals surface area contributed by atoms with E-state index >= 15 is 0 Å². The molecular weight excluding hydrogens is 1260 g/mol. The molecule has 10 aliphatic rings. The fourth-order valence-electron chi connectivity index (χ4n) is 17.9. The van der Waals surface area contributed by atoms with Crippen LogP contribution >= 0.6 is 22.6 Å². The molecule has 0 radical (unpaired) electrons. The van der Waals surface area contributed by atoms with Crippen molar-refractivity contribution in [3.8, 4) is 23.0 Å². The minimum Gasteiger partial charge on any atom is -0.504 e. The minimum atomic E-state index is -1.69. The molecule has 15 heteroatoms. The standard InChI is InChI=1S/C38H57NO6.C21H25NO4.C17H33IO2/c1-3-4-5-6-7-8-9-10-11-12-13-14-15-16-33(40)44-27-43-31-20-19-30-25-32-37(41)22-21-28(2)38(42)36(37,34(30)35(31)45-38)23-24-39(32)26-29-17-18-29;1-12-6-7-20(24)16-10-14-4-5-15(23)18-17(14)19(20,21(12,25)26-18)8-9-22(16)11-13-2-3-13;1-2-3-4-5-6-7-8-9-10-11-12-13-14-15-17(19)20-16-18/h19-20,29,32,41-42H,2-18,21-27H2,1H3;4-5,13,16,23-25H,1-3,6-11H2;2-16H2,1H3/t32?,36-,37-,38+;16?,19-,20-,21+;/m11./s1. The van der Waals surface area contributed by atoms with Crippen molar-refractivity contribution in [1.82, 2.24) is 9.80 Å². The van der Waals surface area contributed by atoms with Crippen LogP contribution in [0.1, 0.15) is 280 Å². The number of halogens is 1. The molecule has 91 heavy (non-hydrogen) atoms. The molecule has 2 unspecified atom stereocenters. The maximum Gasteiger partial charge on any atom is 0.308 e. The highest BCUT2D eigenvalue weighted by atomic mass is 127. The monoisotopic (exact) mass is 1370 g/mol. The van der Waals surface area contributed by atoms with Crippen LogP contribution in [0.25, 0.3) is 0 Å². The summed E-state index contributed by atoms with van der Waals surface area (Å²) in [5, 5.41) is 58.9. The number of alkyl halides is 1. The van der Waals surface area contributed by atoms with Crippen LogP contribution in [0.4, 0.5) is 0 Å². The maximum atomic E-state index is 12.5. The number of carbonyl (C=O) groups is 2. The lowest BCUT2D eigenvalue weighted by Crippen LogP contribution is -2.79. The molecule has 12 rings (SSSR count). The molecule has 0 aromatic heterocycles. The summed E-state index contributed by atoms with van der Waals surface area (Å²) >= 11 is 2.06. The average molecular weight is 1380 g/mol. The van der Waals surface area contributed by atoms with Gasteiger partial charge in [0.2, 0.25) is 18.4 Å². The summed E-state index contributed by atoms with van der Waals surface area (Å²) in [5.74, 6) is -0.856. The molecule has 508 valence electrons. The molecule has 2 saturated heterocycles. The van der Waals surface area contributed by atoms with Crippen molar-refractivity contribution in [2.45, 2.75) is 316 Å². The number of benzene rings is 2. The molecule has 0 amide bonds. The number of carbonyl (C=O) groups excluding carboxylic acids is 2. The lowest BCUT2D eigenvalue weighted by Gasteiger charge is -2.65. The second-order valence-corrected chi connectivity index (χ2v) is 30.1. The second-order valence-electron chi connectivity index (χ2n) is 29.4. The smallest absolute Gasteiger partial charge is 0.308 e. The number of piperidine rings is 2. The van der Waals surface area contributed by atoms with Gasteiger partial charge in [-0.25, -0.2) is 0 Å². The number of rotatable bonds is 36. The highest BCUT2D eigenvalue weighted by molar-refractivity contribution is 14.1. The molecule has 5 N–H and O–H groups in total. The fraction of sp³-hybridized carbons (Fsp3) is 0.763. The van der Waals surface area contributed by atoms with E-state index in [4.69, 9.17) is 23.7 Å². The van der Waals surface area contributed by atoms with Crippen LogP contribution in [-0.4, -0.2) is 120 Å². The molecule has 2 aromatic carbocycles. The SMILES string of the molecule is C=C1CC[C@@]2(O)C3Cc4ccc(O)c5c4[C@@]2(CCN3CC2CC2)[C@@]1(O)O5.C=C1CC[C@@]2(O)C3Cc4ccc(OCOC(=O)CCCCCCCCCCCCCCC)c5c4[C@@]2(CCN3CC2CC2)[C@@]1(O)O5.CCCCCCCCCCCCCCCC(=O)OCI. The van der Waals surface area contributed by atoms with Crippen LogP contribution in [0.15, 0.2) is 48.6 Å². The minimum absolute atomic E-state index is 0.0249. The summed E-state index contributed by atoms with van der Waals surface area (Å²) in [6, 6.07) is 7.41. The van der Waals surface area contributed by atoms with E-state index in [0.29, 0.717) is 90.8 Å². The summed E-state index contributed by atoms with van der Waals surface area (Å²) in [7, 11) is 0. The first-order valence-corrected chi connectivity index (χ1v) is 38.2. The summed E-state index contributed by atoms with van der Waals surface area (Å²) in [6.07, 6.45) is 44.8. The Morgan fingerprint density at radius 2 is 0.923 bits per heavy atom. The van der Waals surface area contributed by atoms with E-state index in [1.54, 1.807) is 6.07 Å². The summed E-state index contributed by atoms with van der Waals surface area (Å²) in [5.41, 5.74) is 0.999. The van der Waals surface area contributed by atoms with Crippen molar-refractivity contribution < 1.29 is 58.8 Å². The Bertz CT molecular complexity index is 2790. The van der Waals surface area contributed by atoms with Crippen LogP contribution in [0.3, 0.4) is 0 Å². The zero-order valence-electron chi connectivity index (χ0n) is 55.9. The fourth-order valence-corrected chi connectivity index (χ4v) is 18.3. The Labute approximate surface area is 559 Å². The quantitative estimate of drug-likeness (QED) is 0.0108. The van der Waals surface area contributed by atoms with Crippen molar-refractivity contribution in [3.63, 3.8) is 0 Å². The van der Waals surface area contributed by atoms with E-state index < -0.39 is 33.6 Å². The van der Waals surface area contributed by atoms with Crippen molar-refractivity contribution in [1.29, 1.82) is 0 Å².